The van der Waals surface area contributed by atoms with Crippen molar-refractivity contribution in [2.24, 2.45) is 96.9 Å². The predicted octanol–water partition coefficient (Wildman–Crippen LogP) is -6.27. The topological polar surface area (TPSA) is 1080 Å². The number of nitrogens with one attached hydrogen (secondary N) is 3. The van der Waals surface area contributed by atoms with Crippen LogP contribution in [0.4, 0.5) is 0 Å². The first-order valence-corrected chi connectivity index (χ1v) is 37.5. The van der Waals surface area contributed by atoms with E-state index in [2.05, 4.69) is 36.0 Å². The maximum Gasteiger partial charge on any atom is 0.322 e. The number of imidazole rings is 2. The molecule has 0 spiro atoms. The third-order valence-corrected chi connectivity index (χ3v) is 14.7. The lowest BCUT2D eigenvalue weighted by molar-refractivity contribution is -0.141. The molecule has 0 amide bonds. The summed E-state index contributed by atoms with van der Waals surface area (Å²) in [7, 11) is 0. The average molecular weight is 1820 g/mol. The Kier molecular flexibility index (Phi) is 76.3. The minimum Gasteiger partial charge on any atom is -0.508 e. The van der Waals surface area contributed by atoms with Gasteiger partial charge in [-0.15, -0.1) is 0 Å². The van der Waals surface area contributed by atoms with E-state index in [0.717, 1.165) is 60.3 Å². The van der Waals surface area contributed by atoms with Gasteiger partial charge in [-0.05, 0) is 143 Å². The second-order valence-electron chi connectivity index (χ2n) is 26.3. The van der Waals surface area contributed by atoms with Crippen molar-refractivity contribution in [2.45, 2.75) is 183 Å². The van der Waals surface area contributed by atoms with E-state index in [4.69, 9.17) is 172 Å². The number of phenols is 3. The van der Waals surface area contributed by atoms with Gasteiger partial charge in [0.1, 0.15) is 89.8 Å². The number of aliphatic hydroxyl groups is 1. The Hall–Kier alpha value is -13.3. The van der Waals surface area contributed by atoms with Crippen LogP contribution in [0.2, 0.25) is 0 Å². The van der Waals surface area contributed by atoms with Gasteiger partial charge < -0.3 is 193 Å². The lowest BCUT2D eigenvalue weighted by atomic mass is 10.1. The summed E-state index contributed by atoms with van der Waals surface area (Å²) in [6.45, 7) is 6.07. The number of nitrogens with two attached hydrogens (primary N) is 15. The van der Waals surface area contributed by atoms with Crippen LogP contribution < -0.4 is 91.3 Å². The zero-order chi connectivity index (χ0) is 99.8. The molecule has 0 unspecified atom stereocenters. The number of aliphatic carboxylic acids is 14. The van der Waals surface area contributed by atoms with Gasteiger partial charge in [0, 0.05) is 49.6 Å². The van der Waals surface area contributed by atoms with E-state index in [0.29, 0.717) is 32.4 Å². The number of rotatable bonds is 36. The highest BCUT2D eigenvalue weighted by Gasteiger charge is 2.21. The Morgan fingerprint density at radius 1 is 0.409 bits per heavy atom. The second-order valence-corrected chi connectivity index (χ2v) is 26.3. The van der Waals surface area contributed by atoms with Crippen LogP contribution in [-0.4, -0.2) is 307 Å². The molecule has 0 radical (unpaired) electrons. The van der Waals surface area contributed by atoms with Crippen molar-refractivity contribution in [1.29, 1.82) is 0 Å². The normalized spacial score (nSPS) is 13.5. The number of H-pyrrole nitrogens is 2. The number of aliphatic imine (C=N–C) groups is 1. The molecule has 3 aromatic carbocycles. The second kappa shape index (κ2) is 76.4. The molecule has 53 nitrogen and oxygen atoms in total. The summed E-state index contributed by atoms with van der Waals surface area (Å²) in [5, 5.41) is 153. The number of aromatic hydroxyl groups is 3. The van der Waals surface area contributed by atoms with Gasteiger partial charge in [-0.3, -0.25) is 72.1 Å². The third-order valence-electron chi connectivity index (χ3n) is 14.7. The molecule has 51 N–H and O–H groups in total. The molecule has 3 heterocycles. The quantitative estimate of drug-likeness (QED) is 0.0101. The molecule has 6 rings (SSSR count). The number of nitrogens with zero attached hydrogens (tertiary/aromatic N) is 3. The molecular weight excluding hydrogens is 1690 g/mol. The summed E-state index contributed by atoms with van der Waals surface area (Å²) < 4.78 is 0. The number of aromatic amines is 2. The standard InChI is InChI=1S/3C9H11NO3.C6H14N4O2.2C6H9N3O2.C6H14N2O2.C5H9NO4.C5H9NO2.C5H11NO2.C3H7NO3.C3H7NO2.C2H5NO2/c3*10-8(9(12)13)5-6-1-3-7(11)4-2-6;7-4(5(11)12)2-1-3-10-6(8)9;2*7-5(6(10)11)1-4-2-8-3-9-4;7-4-2-1-3-5(8)6(9)10;6-3(5(9)10)1-2-4(7)8;7-5(8)4-2-1-3-6-4;1-3(2)4(6)5(7)8;4-2(1-5)3(6)7;1-2(4)3(5)6;3-1-2(4)5/h3*1-4,8,11H,5,10H2,(H,12,13);4H,1-3,7H2,(H,11,12)(H4,8,9,10);2*2-3,5H,1,7H2,(H,8,9)(H,10,11);5H,1-4,7-8H2,(H,9,10);3H,1-2,6H2,(H,7,8)(H,9,10);4,6H,1-3H2,(H,7,8);3-4H,6H2,1-2H3,(H,7,8);2,5H,1,4H2,(H,6,7);2H,4H2,1H3,(H,5,6);1,3H2,(H,4,5)/t3*8-;4-;3*5-;3-;2*4-;2*2-;/m000000000000./s1. The number of hydrogen-bond donors (Lipinski definition) is 36. The Balaban J connectivity index is -0.000000248. The van der Waals surface area contributed by atoms with Crippen LogP contribution in [0.5, 0.6) is 17.2 Å². The Labute approximate surface area is 727 Å². The molecule has 5 aromatic rings. The minimum absolute atomic E-state index is 0.0129. The van der Waals surface area contributed by atoms with E-state index in [1.807, 2.05) is 0 Å². The van der Waals surface area contributed by atoms with Gasteiger partial charge in [-0.2, -0.15) is 0 Å². The Bertz CT molecular complexity index is 3690. The molecule has 1 aliphatic heterocycles. The summed E-state index contributed by atoms with van der Waals surface area (Å²) in [5.74, 6) is -13.4. The van der Waals surface area contributed by atoms with Crippen molar-refractivity contribution >= 4 is 89.5 Å². The first-order valence-electron chi connectivity index (χ1n) is 37.5. The van der Waals surface area contributed by atoms with Crippen molar-refractivity contribution in [3.63, 3.8) is 0 Å². The first-order chi connectivity index (χ1) is 58.9. The molecule has 2 aromatic heterocycles. The van der Waals surface area contributed by atoms with Crippen molar-refractivity contribution in [1.82, 2.24) is 25.3 Å². The zero-order valence-electron chi connectivity index (χ0n) is 69.9. The van der Waals surface area contributed by atoms with E-state index in [-0.39, 0.29) is 86.7 Å². The molecule has 1 aliphatic rings. The van der Waals surface area contributed by atoms with E-state index in [9.17, 15) is 67.1 Å². The predicted molar refractivity (Wildman–Crippen MR) is 454 cm³/mol. The minimum atomic E-state index is -1.18. The Morgan fingerprint density at radius 2 is 0.709 bits per heavy atom. The fraction of sp³-hybridized carbons (Fsp3) is 0.473. The number of phenolic OH excluding ortho intramolecular Hbond substituents is 3. The number of benzene rings is 3. The SMILES string of the molecule is CC(C)[C@H](N)C(=O)O.C[C@H](N)C(=O)O.NC(N)=NCCC[C@H](N)C(=O)O.NCC(=O)O.NCCCC[C@H](N)C(=O)O.N[C@@H](CCC(=O)O)C(=O)O.N[C@@H](CO)C(=O)O.N[C@@H](Cc1ccc(O)cc1)C(=O)O.N[C@@H](Cc1ccc(O)cc1)C(=O)O.N[C@@H](Cc1ccc(O)cc1)C(=O)O.N[C@@H](Cc1cnc[nH]1)C(=O)O.N[C@@H](Cc1cnc[nH]1)C(=O)O.O=C(O)[C@@H]1CCCN1. The van der Waals surface area contributed by atoms with Crippen LogP contribution in [0, 0.1) is 5.92 Å². The third kappa shape index (κ3) is 80.9. The van der Waals surface area contributed by atoms with E-state index >= 15 is 0 Å². The van der Waals surface area contributed by atoms with Gasteiger partial charge in [-0.1, -0.05) is 56.7 Å². The van der Waals surface area contributed by atoms with Gasteiger partial charge in [-0.25, -0.2) is 9.97 Å². The molecule has 127 heavy (non-hydrogen) atoms. The highest BCUT2D eigenvalue weighted by atomic mass is 16.4. The summed E-state index contributed by atoms with van der Waals surface area (Å²) in [6.07, 6.45) is 12.2. The highest BCUT2D eigenvalue weighted by molar-refractivity contribution is 5.78. The van der Waals surface area contributed by atoms with Gasteiger partial charge in [0.05, 0.1) is 25.8 Å². The van der Waals surface area contributed by atoms with Crippen LogP contribution in [0.15, 0.2) is 103 Å². The smallest absolute Gasteiger partial charge is 0.322 e. The highest BCUT2D eigenvalue weighted by Crippen LogP contribution is 2.14. The van der Waals surface area contributed by atoms with Crippen LogP contribution in [0.1, 0.15) is 107 Å². The molecule has 720 valence electrons. The van der Waals surface area contributed by atoms with Crippen LogP contribution in [0.3, 0.4) is 0 Å². The van der Waals surface area contributed by atoms with E-state index in [1.54, 1.807) is 62.6 Å². The largest absolute Gasteiger partial charge is 0.508 e. The number of carbonyl (C=O) groups is 14. The maximum absolute atomic E-state index is 10.4. The van der Waals surface area contributed by atoms with E-state index in [1.165, 1.54) is 56.0 Å². The van der Waals surface area contributed by atoms with E-state index < -0.39 is 157 Å². The van der Waals surface area contributed by atoms with Gasteiger partial charge in [0.2, 0.25) is 0 Å². The molecule has 12 atom stereocenters. The lowest BCUT2D eigenvalue weighted by Gasteiger charge is -2.07. The number of aliphatic hydroxyl groups excluding tert-OH is 1. The molecule has 53 heteroatoms. The number of carboxylic acid groups (broad SMARTS) is 14. The average Bonchev–Trinajstić information content (AvgIpc) is 1.84. The summed E-state index contributed by atoms with van der Waals surface area (Å²) in [4.78, 5) is 157. The molecular formula is C74H127N21O32. The number of guanidine groups is 1. The summed E-state index contributed by atoms with van der Waals surface area (Å²) >= 11 is 0. The number of hydrogen-bond acceptors (Lipinski definition) is 35. The first kappa shape index (κ1) is 127. The number of unbranched alkanes of at least 4 members (excludes halogenated alkanes) is 1. The molecule has 0 saturated carbocycles. The monoisotopic (exact) mass is 1820 g/mol. The fourth-order valence-corrected chi connectivity index (χ4v) is 7.30. The van der Waals surface area contributed by atoms with Crippen molar-refractivity contribution < 1.29 is 159 Å². The van der Waals surface area contributed by atoms with Gasteiger partial charge >= 0.3 is 83.6 Å². The Morgan fingerprint density at radius 3 is 0.898 bits per heavy atom. The maximum atomic E-state index is 10.4. The van der Waals surface area contributed by atoms with Crippen molar-refractivity contribution in [3.8, 4) is 17.2 Å². The van der Waals surface area contributed by atoms with Gasteiger partial charge in [0.15, 0.2) is 5.96 Å². The molecule has 0 bridgehead atoms. The summed E-state index contributed by atoms with van der Waals surface area (Å²) in [5.41, 5.74) is 80.4. The number of carboxylic acids is 14. The van der Waals surface area contributed by atoms with Crippen molar-refractivity contribution in [2.75, 3.05) is 32.8 Å². The van der Waals surface area contributed by atoms with Crippen LogP contribution in [-0.2, 0) is 99.2 Å². The van der Waals surface area contributed by atoms with Crippen LogP contribution in [0.25, 0.3) is 0 Å². The number of aromatic nitrogens is 4. The molecule has 1 saturated heterocycles. The van der Waals surface area contributed by atoms with Crippen molar-refractivity contribution in [3.05, 3.63) is 126 Å². The lowest BCUT2D eigenvalue weighted by Crippen LogP contribution is -2.34. The molecule has 0 aliphatic carbocycles. The fourth-order valence-electron chi connectivity index (χ4n) is 7.30. The molecule has 1 fully saturated rings. The van der Waals surface area contributed by atoms with Gasteiger partial charge in [0.25, 0.3) is 0 Å². The van der Waals surface area contributed by atoms with Crippen LogP contribution >= 0.6 is 0 Å². The zero-order valence-corrected chi connectivity index (χ0v) is 69.9. The summed E-state index contributed by atoms with van der Waals surface area (Å²) in [6, 6.07) is 9.14.